The number of phenols is 1. The second kappa shape index (κ2) is 4.92. The van der Waals surface area contributed by atoms with Gasteiger partial charge in [0.2, 0.25) is 0 Å². The van der Waals surface area contributed by atoms with Crippen LogP contribution >= 0.6 is 0 Å². The molecule has 6 rings (SSSR count). The van der Waals surface area contributed by atoms with Gasteiger partial charge in [0.1, 0.15) is 11.2 Å². The standard InChI is InChI=1S/C22H26N2O4/c1-4-13-11-24-8-7-21-16-9-14(25)5-6-17(16)23(2)22(21)18(24)10-15(13)20(21,12-28-22)19(26)27-3/h4-6,9,15,18,25H,7-8,10-12H2,1-3H3/b13-4+/t15-,18-,20-,21-,22+/m0/s1. The number of likely N-dealkylation sites (N-methyl/N-ethyl adjacent to an activating group) is 1. The average molecular weight is 382 g/mol. The number of esters is 1. The van der Waals surface area contributed by atoms with Gasteiger partial charge < -0.3 is 19.5 Å². The molecule has 4 fully saturated rings. The average Bonchev–Trinajstić information content (AvgIpc) is 3.08. The Morgan fingerprint density at radius 1 is 1.43 bits per heavy atom. The fraction of sp³-hybridized carbons (Fsp3) is 0.591. The number of piperidine rings is 2. The summed E-state index contributed by atoms with van der Waals surface area (Å²) in [7, 11) is 3.58. The van der Waals surface area contributed by atoms with Crippen molar-refractivity contribution < 1.29 is 19.4 Å². The van der Waals surface area contributed by atoms with E-state index in [4.69, 9.17) is 9.47 Å². The largest absolute Gasteiger partial charge is 0.508 e. The summed E-state index contributed by atoms with van der Waals surface area (Å²) in [6.07, 6.45) is 3.92. The molecule has 1 aromatic carbocycles. The van der Waals surface area contributed by atoms with Crippen LogP contribution in [0.25, 0.3) is 0 Å². The highest BCUT2D eigenvalue weighted by molar-refractivity contribution is 5.86. The Kier molecular flexibility index (Phi) is 2.96. The summed E-state index contributed by atoms with van der Waals surface area (Å²) in [5.41, 5.74) is 1.54. The number of methoxy groups -OCH3 is 1. The van der Waals surface area contributed by atoms with Gasteiger partial charge in [0, 0.05) is 31.7 Å². The van der Waals surface area contributed by atoms with Gasteiger partial charge in [-0.2, -0.15) is 0 Å². The van der Waals surface area contributed by atoms with Crippen molar-refractivity contribution in [2.45, 2.75) is 36.9 Å². The topological polar surface area (TPSA) is 62.2 Å². The number of phenolic OH excluding ortho intramolecular Hbond substituents is 1. The highest BCUT2D eigenvalue weighted by Crippen LogP contribution is 2.76. The van der Waals surface area contributed by atoms with E-state index in [-0.39, 0.29) is 23.7 Å². The third kappa shape index (κ3) is 1.37. The first-order chi connectivity index (χ1) is 13.5. The highest BCUT2D eigenvalue weighted by atomic mass is 16.6. The highest BCUT2D eigenvalue weighted by Gasteiger charge is 2.86. The molecule has 3 saturated heterocycles. The Labute approximate surface area is 164 Å². The number of rotatable bonds is 1. The lowest BCUT2D eigenvalue weighted by molar-refractivity contribution is -0.184. The molecule has 1 aliphatic carbocycles. The normalized spacial score (nSPS) is 44.0. The van der Waals surface area contributed by atoms with Crippen LogP contribution in [0.2, 0.25) is 0 Å². The molecule has 0 spiro atoms. The van der Waals surface area contributed by atoms with Crippen molar-refractivity contribution in [3.05, 3.63) is 35.4 Å². The van der Waals surface area contributed by atoms with Gasteiger partial charge in [-0.25, -0.2) is 0 Å². The number of allylic oxidation sites excluding steroid dienone is 1. The molecule has 1 aromatic rings. The number of anilines is 1. The lowest BCUT2D eigenvalue weighted by atomic mass is 9.43. The third-order valence-corrected chi connectivity index (χ3v) is 8.67. The molecule has 5 atom stereocenters. The molecule has 1 N–H and O–H groups in total. The molecule has 148 valence electrons. The van der Waals surface area contributed by atoms with Gasteiger partial charge in [-0.3, -0.25) is 9.69 Å². The molecular weight excluding hydrogens is 356 g/mol. The predicted molar refractivity (Wildman–Crippen MR) is 103 cm³/mol. The molecule has 28 heavy (non-hydrogen) atoms. The first kappa shape index (κ1) is 16.9. The second-order valence-electron chi connectivity index (χ2n) is 9.00. The van der Waals surface area contributed by atoms with Gasteiger partial charge in [-0.15, -0.1) is 0 Å². The fourth-order valence-corrected chi connectivity index (χ4v) is 7.78. The summed E-state index contributed by atoms with van der Waals surface area (Å²) in [6.45, 7) is 4.25. The summed E-state index contributed by atoms with van der Waals surface area (Å²) >= 11 is 0. The van der Waals surface area contributed by atoms with E-state index in [1.54, 1.807) is 6.07 Å². The van der Waals surface area contributed by atoms with Gasteiger partial charge in [-0.05, 0) is 43.5 Å². The predicted octanol–water partition coefficient (Wildman–Crippen LogP) is 2.02. The maximum atomic E-state index is 13.6. The summed E-state index contributed by atoms with van der Waals surface area (Å²) in [5.74, 6) is 0.170. The molecule has 6 heteroatoms. The van der Waals surface area contributed by atoms with Gasteiger partial charge in [0.25, 0.3) is 0 Å². The first-order valence-electron chi connectivity index (χ1n) is 10.2. The Bertz CT molecular complexity index is 944. The van der Waals surface area contributed by atoms with Gasteiger partial charge in [0.15, 0.2) is 5.72 Å². The summed E-state index contributed by atoms with van der Waals surface area (Å²) in [4.78, 5) is 18.4. The van der Waals surface area contributed by atoms with Crippen LogP contribution in [0, 0.1) is 11.3 Å². The van der Waals surface area contributed by atoms with Crippen LogP contribution in [-0.2, 0) is 19.7 Å². The molecule has 5 aliphatic rings. The molecule has 0 aromatic heterocycles. The Morgan fingerprint density at radius 2 is 2.25 bits per heavy atom. The van der Waals surface area contributed by atoms with Crippen LogP contribution in [-0.4, -0.2) is 61.6 Å². The number of hydrogen-bond acceptors (Lipinski definition) is 6. The SMILES string of the molecule is C/C=C1\CN2CC[C@@]34c5cc(O)ccc5N(C)[C@]35OC[C@@]4(C(=O)OC)[C@H]1C[C@H]25. The molecule has 0 unspecified atom stereocenters. The van der Waals surface area contributed by atoms with E-state index in [9.17, 15) is 9.90 Å². The minimum atomic E-state index is -0.764. The third-order valence-electron chi connectivity index (χ3n) is 8.67. The van der Waals surface area contributed by atoms with Crippen LogP contribution < -0.4 is 4.90 Å². The number of carbonyl (C=O) groups excluding carboxylic acids is 1. The second-order valence-corrected chi connectivity index (χ2v) is 9.00. The summed E-state index contributed by atoms with van der Waals surface area (Å²) in [6, 6.07) is 5.79. The number of fused-ring (bicyclic) bond motifs is 3. The minimum absolute atomic E-state index is 0.101. The first-order valence-corrected chi connectivity index (χ1v) is 10.2. The molecule has 0 amide bonds. The van der Waals surface area contributed by atoms with Gasteiger partial charge in [0.05, 0.1) is 25.2 Å². The number of aromatic hydroxyl groups is 1. The lowest BCUT2D eigenvalue weighted by Crippen LogP contribution is -2.80. The van der Waals surface area contributed by atoms with E-state index in [2.05, 4.69) is 29.8 Å². The van der Waals surface area contributed by atoms with E-state index in [1.165, 1.54) is 12.7 Å². The van der Waals surface area contributed by atoms with Crippen molar-refractivity contribution >= 4 is 11.7 Å². The van der Waals surface area contributed by atoms with E-state index in [0.717, 1.165) is 37.2 Å². The number of hydrogen-bond donors (Lipinski definition) is 1. The smallest absolute Gasteiger partial charge is 0.315 e. The number of benzene rings is 1. The monoisotopic (exact) mass is 382 g/mol. The number of ether oxygens (including phenoxy) is 2. The van der Waals surface area contributed by atoms with Crippen LogP contribution in [0.15, 0.2) is 29.8 Å². The number of nitrogens with zero attached hydrogens (tertiary/aromatic N) is 2. The van der Waals surface area contributed by atoms with Crippen LogP contribution in [0.1, 0.15) is 25.3 Å². The van der Waals surface area contributed by atoms with Crippen LogP contribution in [0.5, 0.6) is 5.75 Å². The van der Waals surface area contributed by atoms with Gasteiger partial charge in [-0.1, -0.05) is 11.6 Å². The molecule has 6 nitrogen and oxygen atoms in total. The van der Waals surface area contributed by atoms with Crippen LogP contribution in [0.3, 0.4) is 0 Å². The fourth-order valence-electron chi connectivity index (χ4n) is 7.78. The molecule has 1 saturated carbocycles. The summed E-state index contributed by atoms with van der Waals surface area (Å²) in [5, 5.41) is 10.4. The van der Waals surface area contributed by atoms with Crippen molar-refractivity contribution in [3.8, 4) is 5.75 Å². The van der Waals surface area contributed by atoms with Crippen LogP contribution in [0.4, 0.5) is 5.69 Å². The Morgan fingerprint density at radius 3 is 3.00 bits per heavy atom. The zero-order valence-electron chi connectivity index (χ0n) is 16.6. The van der Waals surface area contributed by atoms with Gasteiger partial charge >= 0.3 is 5.97 Å². The Balaban J connectivity index is 1.75. The Hall–Kier alpha value is -2.05. The maximum absolute atomic E-state index is 13.6. The number of carbonyl (C=O) groups is 1. The zero-order valence-corrected chi connectivity index (χ0v) is 16.6. The molecule has 4 aliphatic heterocycles. The van der Waals surface area contributed by atoms with E-state index >= 15 is 0 Å². The van der Waals surface area contributed by atoms with E-state index in [0.29, 0.717) is 6.61 Å². The summed E-state index contributed by atoms with van der Waals surface area (Å²) < 4.78 is 12.2. The van der Waals surface area contributed by atoms with Crippen molar-refractivity contribution in [2.24, 2.45) is 11.3 Å². The van der Waals surface area contributed by atoms with Crippen molar-refractivity contribution in [1.29, 1.82) is 0 Å². The lowest BCUT2D eigenvalue weighted by Gasteiger charge is -2.66. The van der Waals surface area contributed by atoms with Crippen molar-refractivity contribution in [2.75, 3.05) is 38.8 Å². The molecule has 0 radical (unpaired) electrons. The molecule has 5 bridgehead atoms. The molecule has 4 heterocycles. The maximum Gasteiger partial charge on any atom is 0.315 e. The van der Waals surface area contributed by atoms with E-state index in [1.807, 2.05) is 12.1 Å². The zero-order chi connectivity index (χ0) is 19.5. The molecular formula is C22H26N2O4. The quantitative estimate of drug-likeness (QED) is 0.592. The minimum Gasteiger partial charge on any atom is -0.508 e. The van der Waals surface area contributed by atoms with Crippen molar-refractivity contribution in [3.63, 3.8) is 0 Å². The van der Waals surface area contributed by atoms with E-state index < -0.39 is 16.6 Å². The van der Waals surface area contributed by atoms with Crippen molar-refractivity contribution in [1.82, 2.24) is 4.90 Å².